The molecule has 0 aliphatic carbocycles. The third-order valence-corrected chi connectivity index (χ3v) is 7.97. The predicted molar refractivity (Wildman–Crippen MR) is 181 cm³/mol. The van der Waals surface area contributed by atoms with E-state index in [0.717, 1.165) is 25.7 Å². The van der Waals surface area contributed by atoms with Gasteiger partial charge in [-0.15, -0.1) is 0 Å². The number of carbonyl (C=O) groups excluding carboxylic acids is 2. The normalized spacial score (nSPS) is 10.2. The number of aliphatic carboxylic acids is 2. The molecule has 0 saturated carbocycles. The van der Waals surface area contributed by atoms with Gasteiger partial charge in [-0.25, -0.2) is 0 Å². The van der Waals surface area contributed by atoms with Gasteiger partial charge in [0.2, 0.25) is 0 Å². The van der Waals surface area contributed by atoms with Crippen molar-refractivity contribution >= 4 is 70.9 Å². The Morgan fingerprint density at radius 3 is 0.628 bits per heavy atom. The molecule has 43 heavy (non-hydrogen) atoms. The summed E-state index contributed by atoms with van der Waals surface area (Å²) >= 11 is 0.125. The van der Waals surface area contributed by atoms with Crippen molar-refractivity contribution < 1.29 is 21.2 Å². The summed E-state index contributed by atoms with van der Waals surface area (Å²) in [7, 11) is 0. The summed E-state index contributed by atoms with van der Waals surface area (Å²) in [5, 5.41) is 20.4. The summed E-state index contributed by atoms with van der Waals surface area (Å²) in [6.07, 6.45) is 39.7. The van der Waals surface area contributed by atoms with Crippen LogP contribution in [0.15, 0.2) is 0 Å². The van der Waals surface area contributed by atoms with Crippen LogP contribution in [0.4, 0.5) is 0 Å². The van der Waals surface area contributed by atoms with Gasteiger partial charge >= 0.3 is 60.4 Å². The SMILES string of the molecule is CCCCCCCCCCCCCCCCCC(=O)[O-].CCCCCCCCCCCCCCCCCC(=O)[O-].[Mg+2].[O]=[Ca]. The van der Waals surface area contributed by atoms with E-state index in [1.807, 2.05) is 0 Å². The molecule has 0 saturated heterocycles. The zero-order valence-corrected chi connectivity index (χ0v) is 32.7. The van der Waals surface area contributed by atoms with E-state index in [9.17, 15) is 19.8 Å². The second-order valence-electron chi connectivity index (χ2n) is 12.1. The van der Waals surface area contributed by atoms with Gasteiger partial charge in [0.15, 0.2) is 0 Å². The number of rotatable bonds is 32. The molecule has 0 fully saturated rings. The molecule has 0 bridgehead atoms. The Bertz CT molecular complexity index is 478. The van der Waals surface area contributed by atoms with Crippen molar-refractivity contribution in [2.75, 3.05) is 0 Å². The Balaban J connectivity index is -0.000000327. The summed E-state index contributed by atoms with van der Waals surface area (Å²) in [5.74, 6) is -1.81. The fraction of sp³-hybridized carbons (Fsp3) is 0.944. The molecule has 0 N–H and O–H groups in total. The standard InChI is InChI=1S/2C18H36O2.Ca.Mg.O/c2*1-2-3-4-5-6-7-8-9-10-11-12-13-14-15-16-17-18(19)20;;;/h2*2-17H2,1H3,(H,19,20);;;/q;;;+2;/p-2. The van der Waals surface area contributed by atoms with Crippen LogP contribution in [0.1, 0.15) is 219 Å². The topological polar surface area (TPSA) is 97.3 Å². The molecule has 5 nitrogen and oxygen atoms in total. The number of carboxylic acids is 2. The zero-order chi connectivity index (χ0) is 31.8. The summed E-state index contributed by atoms with van der Waals surface area (Å²) in [5.41, 5.74) is 0. The number of unbranched alkanes of at least 4 members (excludes halogenated alkanes) is 28. The minimum absolute atomic E-state index is 0. The maximum absolute atomic E-state index is 10.2. The number of carboxylic acid groups (broad SMARTS) is 2. The average Bonchev–Trinajstić information content (AvgIpc) is 2.98. The van der Waals surface area contributed by atoms with Crippen LogP contribution >= 0.6 is 0 Å². The molecule has 0 amide bonds. The van der Waals surface area contributed by atoms with E-state index >= 15 is 0 Å². The van der Waals surface area contributed by atoms with E-state index in [-0.39, 0.29) is 71.8 Å². The molecule has 0 rings (SSSR count). The van der Waals surface area contributed by atoms with Gasteiger partial charge in [0, 0.05) is 11.9 Å². The second-order valence-corrected chi connectivity index (χ2v) is 12.1. The second kappa shape index (κ2) is 49.6. The van der Waals surface area contributed by atoms with Gasteiger partial charge in [-0.2, -0.15) is 0 Å². The fourth-order valence-electron chi connectivity index (χ4n) is 5.28. The number of carbonyl (C=O) groups is 2. The first-order chi connectivity index (χ1) is 20.5. The summed E-state index contributed by atoms with van der Waals surface area (Å²) in [6.45, 7) is 4.53. The molecular weight excluding hydrogens is 577 g/mol. The Kier molecular flexibility index (Phi) is 58.4. The molecule has 0 aromatic heterocycles. The summed E-state index contributed by atoms with van der Waals surface area (Å²) in [4.78, 5) is 20.4. The molecule has 248 valence electrons. The van der Waals surface area contributed by atoms with E-state index in [1.54, 1.807) is 0 Å². The van der Waals surface area contributed by atoms with Crippen molar-refractivity contribution in [1.82, 2.24) is 0 Å². The number of hydrogen-bond donors (Lipinski definition) is 0. The van der Waals surface area contributed by atoms with Crippen LogP contribution in [-0.2, 0) is 11.0 Å². The number of hydrogen-bond acceptors (Lipinski definition) is 5. The van der Waals surface area contributed by atoms with E-state index in [1.165, 1.54) is 167 Å². The zero-order valence-electron chi connectivity index (χ0n) is 29.1. The molecule has 0 radical (unpaired) electrons. The predicted octanol–water partition coefficient (Wildman–Crippen LogP) is 9.12. The Labute approximate surface area is 308 Å². The van der Waals surface area contributed by atoms with Crippen molar-refractivity contribution in [2.24, 2.45) is 0 Å². The van der Waals surface area contributed by atoms with E-state index in [0.29, 0.717) is 0 Å². The third-order valence-electron chi connectivity index (χ3n) is 7.97. The van der Waals surface area contributed by atoms with E-state index in [2.05, 4.69) is 13.8 Å². The average molecular weight is 647 g/mol. The Morgan fingerprint density at radius 2 is 0.488 bits per heavy atom. The summed E-state index contributed by atoms with van der Waals surface area (Å²) < 4.78 is 8.38. The monoisotopic (exact) mass is 646 g/mol. The van der Waals surface area contributed by atoms with Crippen molar-refractivity contribution in [3.05, 3.63) is 0 Å². The molecule has 7 heteroatoms. The van der Waals surface area contributed by atoms with Gasteiger partial charge in [-0.1, -0.05) is 194 Å². The van der Waals surface area contributed by atoms with Gasteiger partial charge < -0.3 is 19.8 Å². The van der Waals surface area contributed by atoms with E-state index in [4.69, 9.17) is 1.43 Å². The first-order valence-corrected chi connectivity index (χ1v) is 19.1. The Morgan fingerprint density at radius 1 is 0.349 bits per heavy atom. The molecule has 0 heterocycles. The van der Waals surface area contributed by atoms with Gasteiger partial charge in [0.1, 0.15) is 0 Å². The fourth-order valence-corrected chi connectivity index (χ4v) is 5.28. The van der Waals surface area contributed by atoms with Crippen LogP contribution in [0.2, 0.25) is 0 Å². The van der Waals surface area contributed by atoms with Gasteiger partial charge in [0.25, 0.3) is 0 Å². The van der Waals surface area contributed by atoms with Crippen LogP contribution < -0.4 is 10.2 Å². The van der Waals surface area contributed by atoms with Crippen LogP contribution in [-0.4, -0.2) is 70.9 Å². The first kappa shape index (κ1) is 50.6. The quantitative estimate of drug-likeness (QED) is 0.0536. The first-order valence-electron chi connectivity index (χ1n) is 18.2. The van der Waals surface area contributed by atoms with Crippen LogP contribution in [0, 0.1) is 0 Å². The minimum atomic E-state index is -0.903. The van der Waals surface area contributed by atoms with Crippen LogP contribution in [0.25, 0.3) is 0 Å². The van der Waals surface area contributed by atoms with Crippen LogP contribution in [0.5, 0.6) is 0 Å². The van der Waals surface area contributed by atoms with Gasteiger partial charge in [-0.3, -0.25) is 0 Å². The van der Waals surface area contributed by atoms with Crippen molar-refractivity contribution in [3.63, 3.8) is 0 Å². The van der Waals surface area contributed by atoms with E-state index < -0.39 is 11.9 Å². The molecule has 0 unspecified atom stereocenters. The van der Waals surface area contributed by atoms with Crippen molar-refractivity contribution in [1.29, 1.82) is 0 Å². The van der Waals surface area contributed by atoms with Crippen molar-refractivity contribution in [2.45, 2.75) is 219 Å². The molecule has 0 aliphatic rings. The van der Waals surface area contributed by atoms with Crippen molar-refractivity contribution in [3.8, 4) is 0 Å². The molecule has 0 aromatic rings. The molecule has 0 aliphatic heterocycles. The molecule has 0 aromatic carbocycles. The Hall–Kier alpha value is 0.766. The van der Waals surface area contributed by atoms with Gasteiger partial charge in [0.05, 0.1) is 0 Å². The third kappa shape index (κ3) is 58.8. The van der Waals surface area contributed by atoms with Gasteiger partial charge in [-0.05, 0) is 25.7 Å². The summed E-state index contributed by atoms with van der Waals surface area (Å²) in [6, 6.07) is 0. The maximum atomic E-state index is 10.2. The molecule has 0 spiro atoms. The molecule has 0 atom stereocenters. The molecular formula is C36H70CaMgO5. The van der Waals surface area contributed by atoms with Crippen LogP contribution in [0.3, 0.4) is 0 Å².